The van der Waals surface area contributed by atoms with Crippen molar-refractivity contribution in [3.63, 3.8) is 0 Å². The van der Waals surface area contributed by atoms with Crippen molar-refractivity contribution < 1.29 is 13.2 Å². The molecule has 2 aromatic rings. The predicted molar refractivity (Wildman–Crippen MR) is 60.1 cm³/mol. The van der Waals surface area contributed by atoms with Crippen LogP contribution in [0.1, 0.15) is 11.1 Å². The summed E-state index contributed by atoms with van der Waals surface area (Å²) in [6.45, 7) is 0. The van der Waals surface area contributed by atoms with Crippen molar-refractivity contribution in [2.75, 3.05) is 5.73 Å². The summed E-state index contributed by atoms with van der Waals surface area (Å²) in [5.74, 6) is 0.350. The van der Waals surface area contributed by atoms with Crippen LogP contribution in [0.4, 0.5) is 19.0 Å². The molecular weight excluding hydrogens is 259 g/mol. The lowest BCUT2D eigenvalue weighted by Crippen LogP contribution is -2.08. The minimum atomic E-state index is -4.44. The second-order valence-electron chi connectivity index (χ2n) is 3.70. The van der Waals surface area contributed by atoms with Crippen LogP contribution in [0.2, 0.25) is 0 Å². The van der Waals surface area contributed by atoms with Gasteiger partial charge in [0.2, 0.25) is 0 Å². The van der Waals surface area contributed by atoms with Gasteiger partial charge in [0.05, 0.1) is 24.3 Å². The molecule has 2 heterocycles. The lowest BCUT2D eigenvalue weighted by Gasteiger charge is -2.07. The molecule has 19 heavy (non-hydrogen) atoms. The van der Waals surface area contributed by atoms with Crippen molar-refractivity contribution in [3.05, 3.63) is 35.7 Å². The number of hydrogen-bond acceptors (Lipinski definition) is 4. The molecule has 8 heteroatoms. The van der Waals surface area contributed by atoms with Gasteiger partial charge in [-0.15, -0.1) is 0 Å². The smallest absolute Gasteiger partial charge is 0.383 e. The number of nitrogens with two attached hydrogens (primary N) is 1. The second-order valence-corrected chi connectivity index (χ2v) is 3.70. The quantitative estimate of drug-likeness (QED) is 0.901. The topological polar surface area (TPSA) is 80.5 Å². The Kier molecular flexibility index (Phi) is 3.12. The average molecular weight is 267 g/mol. The second kappa shape index (κ2) is 4.61. The molecule has 2 aromatic heterocycles. The number of nitrogen functional groups attached to an aromatic ring is 1. The van der Waals surface area contributed by atoms with E-state index in [2.05, 4.69) is 10.1 Å². The van der Waals surface area contributed by atoms with Gasteiger partial charge in [-0.1, -0.05) is 0 Å². The first-order chi connectivity index (χ1) is 8.93. The number of aromatic nitrogens is 3. The minimum absolute atomic E-state index is 0.0759. The third-order valence-electron chi connectivity index (χ3n) is 2.45. The first-order valence-electron chi connectivity index (χ1n) is 5.16. The lowest BCUT2D eigenvalue weighted by atomic mass is 10.2. The zero-order valence-corrected chi connectivity index (χ0v) is 9.52. The molecule has 0 spiro atoms. The lowest BCUT2D eigenvalue weighted by molar-refractivity contribution is -0.137. The molecule has 0 radical (unpaired) electrons. The SMILES string of the molecule is N#CCc1cnn(-c2ccc(C(F)(F)F)cn2)c1N. The zero-order chi connectivity index (χ0) is 14.0. The van der Waals surface area contributed by atoms with Crippen LogP contribution in [0.15, 0.2) is 24.5 Å². The number of hydrogen-bond donors (Lipinski definition) is 1. The van der Waals surface area contributed by atoms with Crippen molar-refractivity contribution in [2.45, 2.75) is 12.6 Å². The molecule has 0 aromatic carbocycles. The third-order valence-corrected chi connectivity index (χ3v) is 2.45. The van der Waals surface area contributed by atoms with Crippen LogP contribution in [0.5, 0.6) is 0 Å². The molecule has 2 rings (SSSR count). The van der Waals surface area contributed by atoms with Crippen LogP contribution in [0.25, 0.3) is 5.82 Å². The molecule has 0 saturated heterocycles. The molecule has 0 saturated carbocycles. The monoisotopic (exact) mass is 267 g/mol. The first kappa shape index (κ1) is 12.9. The Morgan fingerprint density at radius 1 is 1.32 bits per heavy atom. The summed E-state index contributed by atoms with van der Waals surface area (Å²) in [6.07, 6.45) is -2.27. The fourth-order valence-corrected chi connectivity index (χ4v) is 1.47. The van der Waals surface area contributed by atoms with E-state index in [1.165, 1.54) is 16.9 Å². The van der Waals surface area contributed by atoms with E-state index in [0.29, 0.717) is 11.8 Å². The maximum Gasteiger partial charge on any atom is 0.417 e. The van der Waals surface area contributed by atoms with Gasteiger partial charge in [-0.3, -0.25) is 0 Å². The van der Waals surface area contributed by atoms with Gasteiger partial charge in [-0.2, -0.15) is 28.2 Å². The highest BCUT2D eigenvalue weighted by molar-refractivity contribution is 5.45. The van der Waals surface area contributed by atoms with Gasteiger partial charge in [-0.05, 0) is 12.1 Å². The number of nitrogens with zero attached hydrogens (tertiary/aromatic N) is 4. The van der Waals surface area contributed by atoms with E-state index in [4.69, 9.17) is 11.0 Å². The molecule has 5 nitrogen and oxygen atoms in total. The number of alkyl halides is 3. The summed E-state index contributed by atoms with van der Waals surface area (Å²) in [4.78, 5) is 3.67. The standard InChI is InChI=1S/C11H8F3N5/c12-11(13,14)8-1-2-9(17-6-8)19-10(16)7(3-4-15)5-18-19/h1-2,5-6H,3,16H2. The Hall–Kier alpha value is -2.56. The van der Waals surface area contributed by atoms with Crippen molar-refractivity contribution in [1.82, 2.24) is 14.8 Å². The van der Waals surface area contributed by atoms with Gasteiger partial charge in [-0.25, -0.2) is 4.98 Å². The van der Waals surface area contributed by atoms with Crippen LogP contribution < -0.4 is 5.73 Å². The maximum absolute atomic E-state index is 12.4. The maximum atomic E-state index is 12.4. The number of nitriles is 1. The first-order valence-corrected chi connectivity index (χ1v) is 5.16. The van der Waals surface area contributed by atoms with Gasteiger partial charge in [0.15, 0.2) is 5.82 Å². The number of rotatable bonds is 2. The Balaban J connectivity index is 2.36. The molecule has 0 aliphatic rings. The molecule has 98 valence electrons. The van der Waals surface area contributed by atoms with Gasteiger partial charge in [0, 0.05) is 11.8 Å². The molecule has 0 bridgehead atoms. The molecule has 0 unspecified atom stereocenters. The van der Waals surface area contributed by atoms with E-state index in [-0.39, 0.29) is 18.1 Å². The summed E-state index contributed by atoms with van der Waals surface area (Å²) >= 11 is 0. The molecule has 0 fully saturated rings. The third kappa shape index (κ3) is 2.49. The summed E-state index contributed by atoms with van der Waals surface area (Å²) in [5.41, 5.74) is 5.39. The summed E-state index contributed by atoms with van der Waals surface area (Å²) < 4.78 is 38.3. The van der Waals surface area contributed by atoms with E-state index >= 15 is 0 Å². The highest BCUT2D eigenvalue weighted by Crippen LogP contribution is 2.29. The van der Waals surface area contributed by atoms with E-state index in [1.54, 1.807) is 0 Å². The number of pyridine rings is 1. The van der Waals surface area contributed by atoms with E-state index in [0.717, 1.165) is 6.07 Å². The Morgan fingerprint density at radius 3 is 2.58 bits per heavy atom. The minimum Gasteiger partial charge on any atom is -0.383 e. The number of halogens is 3. The highest BCUT2D eigenvalue weighted by Gasteiger charge is 2.30. The molecule has 0 aliphatic carbocycles. The van der Waals surface area contributed by atoms with Crippen LogP contribution in [-0.4, -0.2) is 14.8 Å². The molecule has 0 amide bonds. The average Bonchev–Trinajstić information content (AvgIpc) is 2.71. The van der Waals surface area contributed by atoms with Gasteiger partial charge in [0.1, 0.15) is 5.82 Å². The molecular formula is C11H8F3N5. The van der Waals surface area contributed by atoms with E-state index < -0.39 is 11.7 Å². The van der Waals surface area contributed by atoms with Crippen molar-refractivity contribution in [2.24, 2.45) is 0 Å². The van der Waals surface area contributed by atoms with Crippen LogP contribution in [0, 0.1) is 11.3 Å². The Bertz CT molecular complexity index is 621. The largest absolute Gasteiger partial charge is 0.417 e. The van der Waals surface area contributed by atoms with Gasteiger partial charge in [0.25, 0.3) is 0 Å². The Labute approximate surface area is 106 Å². The van der Waals surface area contributed by atoms with Crippen LogP contribution in [-0.2, 0) is 12.6 Å². The van der Waals surface area contributed by atoms with Gasteiger partial charge >= 0.3 is 6.18 Å². The van der Waals surface area contributed by atoms with Gasteiger partial charge < -0.3 is 5.73 Å². The fraction of sp³-hybridized carbons (Fsp3) is 0.182. The summed E-state index contributed by atoms with van der Waals surface area (Å²) in [7, 11) is 0. The van der Waals surface area contributed by atoms with Crippen molar-refractivity contribution >= 4 is 5.82 Å². The van der Waals surface area contributed by atoms with E-state index in [9.17, 15) is 13.2 Å². The summed E-state index contributed by atoms with van der Waals surface area (Å²) in [6, 6.07) is 3.98. The Morgan fingerprint density at radius 2 is 2.05 bits per heavy atom. The molecule has 2 N–H and O–H groups in total. The summed E-state index contributed by atoms with van der Waals surface area (Å²) in [5, 5.41) is 12.5. The van der Waals surface area contributed by atoms with Crippen molar-refractivity contribution in [1.29, 1.82) is 5.26 Å². The van der Waals surface area contributed by atoms with Crippen LogP contribution in [0.3, 0.4) is 0 Å². The molecule has 0 aliphatic heterocycles. The van der Waals surface area contributed by atoms with E-state index in [1.807, 2.05) is 6.07 Å². The predicted octanol–water partition coefficient (Wildman–Crippen LogP) is 1.93. The zero-order valence-electron chi connectivity index (χ0n) is 9.52. The highest BCUT2D eigenvalue weighted by atomic mass is 19.4. The number of anilines is 1. The normalized spacial score (nSPS) is 11.3. The molecule has 0 atom stereocenters. The van der Waals surface area contributed by atoms with Crippen LogP contribution >= 0.6 is 0 Å². The fourth-order valence-electron chi connectivity index (χ4n) is 1.47. The van der Waals surface area contributed by atoms with Crippen molar-refractivity contribution in [3.8, 4) is 11.9 Å².